The predicted molar refractivity (Wildman–Crippen MR) is 93.6 cm³/mol. The van der Waals surface area contributed by atoms with Gasteiger partial charge in [-0.25, -0.2) is 0 Å². The zero-order chi connectivity index (χ0) is 17.8. The number of Topliss-reactive ketones (excluding diaryl/α,β-unsaturated/α-hetero) is 1. The number of hydrogen-bond acceptors (Lipinski definition) is 4. The number of aldehydes is 1. The summed E-state index contributed by atoms with van der Waals surface area (Å²) in [6, 6.07) is 14.0. The number of para-hydroxylation sites is 2. The van der Waals surface area contributed by atoms with Crippen LogP contribution in [0.15, 0.2) is 54.7 Å². The van der Waals surface area contributed by atoms with Gasteiger partial charge >= 0.3 is 0 Å². The number of aromatic nitrogens is 1. The first-order valence-corrected chi connectivity index (χ1v) is 7.66. The lowest BCUT2D eigenvalue weighted by Crippen LogP contribution is -2.17. The van der Waals surface area contributed by atoms with Crippen molar-refractivity contribution < 1.29 is 19.2 Å². The van der Waals surface area contributed by atoms with Crippen LogP contribution in [0.4, 0.5) is 5.69 Å². The molecule has 0 saturated heterocycles. The highest BCUT2D eigenvalue weighted by Gasteiger charge is 2.15. The van der Waals surface area contributed by atoms with Crippen molar-refractivity contribution in [3.8, 4) is 0 Å². The van der Waals surface area contributed by atoms with Crippen molar-refractivity contribution in [1.82, 2.24) is 4.73 Å². The third-order valence-electron chi connectivity index (χ3n) is 3.88. The van der Waals surface area contributed by atoms with Gasteiger partial charge in [0.1, 0.15) is 7.11 Å². The summed E-state index contributed by atoms with van der Waals surface area (Å²) in [5.74, 6) is -0.961. The highest BCUT2D eigenvalue weighted by Crippen LogP contribution is 2.22. The Labute approximate surface area is 144 Å². The second kappa shape index (κ2) is 7.00. The highest BCUT2D eigenvalue weighted by molar-refractivity contribution is 6.35. The summed E-state index contributed by atoms with van der Waals surface area (Å²) in [4.78, 5) is 40.1. The molecule has 0 atom stereocenters. The summed E-state index contributed by atoms with van der Waals surface area (Å²) in [6.45, 7) is 0. The normalized spacial score (nSPS) is 10.4. The van der Waals surface area contributed by atoms with Crippen molar-refractivity contribution >= 4 is 34.6 Å². The third kappa shape index (κ3) is 3.28. The van der Waals surface area contributed by atoms with Crippen molar-refractivity contribution in [2.75, 3.05) is 12.4 Å². The second-order valence-electron chi connectivity index (χ2n) is 5.43. The minimum Gasteiger partial charge on any atom is -0.417 e. The van der Waals surface area contributed by atoms with Gasteiger partial charge in [-0.15, -0.1) is 0 Å². The molecule has 0 aliphatic rings. The molecule has 1 heterocycles. The number of carbonyl (C=O) groups is 3. The summed E-state index contributed by atoms with van der Waals surface area (Å²) in [5.41, 5.74) is 2.16. The summed E-state index contributed by atoms with van der Waals surface area (Å²) >= 11 is 0. The molecular formula is C19H16N2O4. The molecule has 0 bridgehead atoms. The summed E-state index contributed by atoms with van der Waals surface area (Å²) in [7, 11) is 1.55. The number of fused-ring (bicyclic) bond motifs is 1. The molecule has 3 rings (SSSR count). The van der Waals surface area contributed by atoms with Crippen LogP contribution in [0.3, 0.4) is 0 Å². The molecule has 2 aromatic carbocycles. The summed E-state index contributed by atoms with van der Waals surface area (Å²) in [6.07, 6.45) is 2.10. The van der Waals surface area contributed by atoms with Crippen molar-refractivity contribution in [2.45, 2.75) is 6.42 Å². The van der Waals surface area contributed by atoms with Crippen molar-refractivity contribution in [2.24, 2.45) is 0 Å². The van der Waals surface area contributed by atoms with E-state index < -0.39 is 5.78 Å². The van der Waals surface area contributed by atoms with Gasteiger partial charge in [-0.2, -0.15) is 4.73 Å². The molecule has 0 fully saturated rings. The number of amides is 1. The topological polar surface area (TPSA) is 77.4 Å². The van der Waals surface area contributed by atoms with Gasteiger partial charge in [-0.05, 0) is 23.8 Å². The zero-order valence-corrected chi connectivity index (χ0v) is 13.6. The van der Waals surface area contributed by atoms with E-state index in [-0.39, 0.29) is 24.2 Å². The molecule has 0 radical (unpaired) electrons. The van der Waals surface area contributed by atoms with E-state index in [4.69, 9.17) is 4.84 Å². The average Bonchev–Trinajstić information content (AvgIpc) is 2.99. The number of nitrogens with one attached hydrogen (secondary N) is 1. The standard InChI is InChI=1S/C19H16N2O4/c1-25-21-11-13(14-6-3-5-9-17(14)21)10-19(24)20-16-8-4-2-7-15(16)18(23)12-22/h2-9,11-12H,10H2,1H3,(H,20,24). The summed E-state index contributed by atoms with van der Waals surface area (Å²) in [5, 5.41) is 3.61. The molecule has 0 spiro atoms. The maximum atomic E-state index is 12.4. The van der Waals surface area contributed by atoms with Gasteiger partial charge in [0.25, 0.3) is 0 Å². The molecule has 3 aromatic rings. The Morgan fingerprint density at radius 2 is 1.84 bits per heavy atom. The Morgan fingerprint density at radius 3 is 2.60 bits per heavy atom. The number of nitrogens with zero attached hydrogens (tertiary/aromatic N) is 1. The zero-order valence-electron chi connectivity index (χ0n) is 13.6. The molecule has 0 unspecified atom stereocenters. The molecule has 0 aliphatic carbocycles. The quantitative estimate of drug-likeness (QED) is 0.425. The van der Waals surface area contributed by atoms with Gasteiger partial charge in [-0.1, -0.05) is 30.3 Å². The second-order valence-corrected chi connectivity index (χ2v) is 5.43. The lowest BCUT2D eigenvalue weighted by atomic mass is 10.1. The minimum atomic E-state index is -0.674. The van der Waals surface area contributed by atoms with Gasteiger partial charge in [0.2, 0.25) is 11.7 Å². The van der Waals surface area contributed by atoms with Crippen molar-refractivity contribution in [3.05, 3.63) is 65.9 Å². The maximum Gasteiger partial charge on any atom is 0.228 e. The highest BCUT2D eigenvalue weighted by atomic mass is 16.6. The molecular weight excluding hydrogens is 320 g/mol. The van der Waals surface area contributed by atoms with Crippen LogP contribution in [0, 0.1) is 0 Å². The maximum absolute atomic E-state index is 12.4. The van der Waals surface area contributed by atoms with Crippen LogP contribution >= 0.6 is 0 Å². The molecule has 6 nitrogen and oxygen atoms in total. The van der Waals surface area contributed by atoms with Crippen LogP contribution in [0.5, 0.6) is 0 Å². The van der Waals surface area contributed by atoms with Gasteiger partial charge in [0.15, 0.2) is 6.29 Å². The van der Waals surface area contributed by atoms with Crippen LogP contribution in [0.2, 0.25) is 0 Å². The van der Waals surface area contributed by atoms with Crippen LogP contribution in [-0.4, -0.2) is 29.8 Å². The molecule has 0 saturated carbocycles. The van der Waals surface area contributed by atoms with E-state index in [0.29, 0.717) is 5.69 Å². The molecule has 0 aliphatic heterocycles. The summed E-state index contributed by atoms with van der Waals surface area (Å²) < 4.78 is 1.60. The number of hydrogen-bond donors (Lipinski definition) is 1. The van der Waals surface area contributed by atoms with E-state index >= 15 is 0 Å². The molecule has 1 amide bonds. The van der Waals surface area contributed by atoms with Crippen LogP contribution in [0.1, 0.15) is 15.9 Å². The molecule has 126 valence electrons. The Bertz CT molecular complexity index is 959. The number of rotatable bonds is 6. The Morgan fingerprint density at radius 1 is 1.12 bits per heavy atom. The monoisotopic (exact) mass is 336 g/mol. The fraction of sp³-hybridized carbons (Fsp3) is 0.105. The average molecular weight is 336 g/mol. The molecule has 1 N–H and O–H groups in total. The number of carbonyl (C=O) groups excluding carboxylic acids is 3. The van der Waals surface area contributed by atoms with Gasteiger partial charge in [-0.3, -0.25) is 14.4 Å². The molecule has 1 aromatic heterocycles. The SMILES string of the molecule is COn1cc(CC(=O)Nc2ccccc2C(=O)C=O)c2ccccc21. The van der Waals surface area contributed by atoms with Crippen molar-refractivity contribution in [1.29, 1.82) is 0 Å². The Kier molecular flexibility index (Phi) is 4.61. The van der Waals surface area contributed by atoms with Gasteiger partial charge < -0.3 is 10.2 Å². The smallest absolute Gasteiger partial charge is 0.228 e. The fourth-order valence-electron chi connectivity index (χ4n) is 2.75. The minimum absolute atomic E-state index is 0.112. The van der Waals surface area contributed by atoms with E-state index in [2.05, 4.69) is 5.32 Å². The molecule has 6 heteroatoms. The van der Waals surface area contributed by atoms with Crippen LogP contribution < -0.4 is 10.2 Å². The van der Waals surface area contributed by atoms with E-state index in [1.54, 1.807) is 36.2 Å². The van der Waals surface area contributed by atoms with Gasteiger partial charge in [0, 0.05) is 17.1 Å². The first kappa shape index (κ1) is 16.4. The number of benzene rings is 2. The van der Waals surface area contributed by atoms with E-state index in [1.165, 1.54) is 6.07 Å². The van der Waals surface area contributed by atoms with Crippen LogP contribution in [0.25, 0.3) is 10.9 Å². The first-order valence-electron chi connectivity index (χ1n) is 7.66. The molecule has 25 heavy (non-hydrogen) atoms. The first-order chi connectivity index (χ1) is 12.1. The third-order valence-corrected chi connectivity index (χ3v) is 3.88. The number of anilines is 1. The van der Waals surface area contributed by atoms with Gasteiger partial charge in [0.05, 0.1) is 17.6 Å². The van der Waals surface area contributed by atoms with E-state index in [0.717, 1.165) is 16.5 Å². The van der Waals surface area contributed by atoms with E-state index in [1.807, 2.05) is 24.3 Å². The Hall–Kier alpha value is -3.41. The fourth-order valence-corrected chi connectivity index (χ4v) is 2.75. The lowest BCUT2D eigenvalue weighted by Gasteiger charge is -2.08. The van der Waals surface area contributed by atoms with Crippen LogP contribution in [-0.2, 0) is 16.0 Å². The van der Waals surface area contributed by atoms with Crippen molar-refractivity contribution in [3.63, 3.8) is 0 Å². The lowest BCUT2D eigenvalue weighted by molar-refractivity contribution is -0.115. The number of ketones is 1. The predicted octanol–water partition coefficient (Wildman–Crippen LogP) is 2.26. The van der Waals surface area contributed by atoms with E-state index in [9.17, 15) is 14.4 Å². The largest absolute Gasteiger partial charge is 0.417 e. The Balaban J connectivity index is 1.85.